The highest BCUT2D eigenvalue weighted by Crippen LogP contribution is 2.22. The second-order valence-electron chi connectivity index (χ2n) is 5.09. The molecule has 1 aliphatic rings. The Bertz CT molecular complexity index is 413. The first-order valence-electron chi connectivity index (χ1n) is 6.69. The van der Waals surface area contributed by atoms with Crippen molar-refractivity contribution in [1.82, 2.24) is 20.0 Å². The molecular weight excluding hydrogens is 244 g/mol. The summed E-state index contributed by atoms with van der Waals surface area (Å²) in [6.45, 7) is 6.43. The van der Waals surface area contributed by atoms with Crippen LogP contribution in [0.25, 0.3) is 0 Å². The SMILES string of the molecule is COc1c(CN(C)CC2CNCCO2)c(C)nn1C. The van der Waals surface area contributed by atoms with Crippen molar-refractivity contribution in [2.75, 3.05) is 40.4 Å². The van der Waals surface area contributed by atoms with E-state index in [1.54, 1.807) is 11.8 Å². The van der Waals surface area contributed by atoms with Crippen molar-refractivity contribution in [3.8, 4) is 5.88 Å². The number of nitrogens with zero attached hydrogens (tertiary/aromatic N) is 3. The Morgan fingerprint density at radius 1 is 1.58 bits per heavy atom. The normalized spacial score (nSPS) is 19.9. The molecule has 108 valence electrons. The van der Waals surface area contributed by atoms with Crippen LogP contribution in [0.4, 0.5) is 0 Å². The van der Waals surface area contributed by atoms with Crippen LogP contribution in [0.1, 0.15) is 11.3 Å². The van der Waals surface area contributed by atoms with Crippen molar-refractivity contribution in [1.29, 1.82) is 0 Å². The third-order valence-electron chi connectivity index (χ3n) is 3.43. The molecule has 0 amide bonds. The van der Waals surface area contributed by atoms with Crippen molar-refractivity contribution in [2.45, 2.75) is 19.6 Å². The first-order chi connectivity index (χ1) is 9.11. The lowest BCUT2D eigenvalue weighted by Crippen LogP contribution is -2.44. The average molecular weight is 268 g/mol. The number of hydrogen-bond acceptors (Lipinski definition) is 5. The average Bonchev–Trinajstić information content (AvgIpc) is 2.65. The molecule has 1 unspecified atom stereocenters. The Kier molecular flexibility index (Phi) is 4.79. The maximum Gasteiger partial charge on any atom is 0.216 e. The summed E-state index contributed by atoms with van der Waals surface area (Å²) in [7, 11) is 5.70. The fourth-order valence-electron chi connectivity index (χ4n) is 2.54. The van der Waals surface area contributed by atoms with Crippen LogP contribution in [0.3, 0.4) is 0 Å². The van der Waals surface area contributed by atoms with Gasteiger partial charge in [-0.2, -0.15) is 5.10 Å². The van der Waals surface area contributed by atoms with Gasteiger partial charge in [-0.1, -0.05) is 0 Å². The number of methoxy groups -OCH3 is 1. The Labute approximate surface area is 114 Å². The van der Waals surface area contributed by atoms with E-state index in [1.165, 1.54) is 0 Å². The molecule has 0 radical (unpaired) electrons. The molecule has 1 aromatic heterocycles. The fraction of sp³-hybridized carbons (Fsp3) is 0.769. The van der Waals surface area contributed by atoms with E-state index in [1.807, 2.05) is 14.0 Å². The quantitative estimate of drug-likeness (QED) is 0.824. The number of morpholine rings is 1. The van der Waals surface area contributed by atoms with Crippen molar-refractivity contribution in [2.24, 2.45) is 7.05 Å². The van der Waals surface area contributed by atoms with Gasteiger partial charge < -0.3 is 14.8 Å². The number of aromatic nitrogens is 2. The van der Waals surface area contributed by atoms with Crippen LogP contribution >= 0.6 is 0 Å². The molecule has 6 nitrogen and oxygen atoms in total. The summed E-state index contributed by atoms with van der Waals surface area (Å²) in [6.07, 6.45) is 0.265. The largest absolute Gasteiger partial charge is 0.481 e. The zero-order valence-corrected chi connectivity index (χ0v) is 12.3. The second-order valence-corrected chi connectivity index (χ2v) is 5.09. The van der Waals surface area contributed by atoms with E-state index in [4.69, 9.17) is 9.47 Å². The number of rotatable bonds is 5. The molecule has 1 atom stereocenters. The minimum absolute atomic E-state index is 0.265. The van der Waals surface area contributed by atoms with Crippen LogP contribution in [-0.4, -0.2) is 61.2 Å². The van der Waals surface area contributed by atoms with Gasteiger partial charge in [-0.3, -0.25) is 4.90 Å². The lowest BCUT2D eigenvalue weighted by molar-refractivity contribution is 0.00872. The first kappa shape index (κ1) is 14.3. The Hall–Kier alpha value is -1.11. The standard InChI is InChI=1S/C13H24N4O2/c1-10-12(13(18-4)17(3)15-10)9-16(2)8-11-7-14-5-6-19-11/h11,14H,5-9H2,1-4H3. The van der Waals surface area contributed by atoms with Crippen LogP contribution in [0.15, 0.2) is 0 Å². The molecule has 0 aliphatic carbocycles. The number of aryl methyl sites for hydroxylation is 2. The molecule has 2 rings (SSSR count). The monoisotopic (exact) mass is 268 g/mol. The van der Waals surface area contributed by atoms with Gasteiger partial charge in [0, 0.05) is 33.2 Å². The minimum atomic E-state index is 0.265. The molecule has 0 spiro atoms. The first-order valence-corrected chi connectivity index (χ1v) is 6.69. The third kappa shape index (κ3) is 3.46. The van der Waals surface area contributed by atoms with Crippen LogP contribution in [0, 0.1) is 6.92 Å². The van der Waals surface area contributed by atoms with E-state index in [9.17, 15) is 0 Å². The van der Waals surface area contributed by atoms with E-state index in [0.29, 0.717) is 0 Å². The summed E-state index contributed by atoms with van der Waals surface area (Å²) in [4.78, 5) is 2.25. The molecule has 0 saturated carbocycles. The summed E-state index contributed by atoms with van der Waals surface area (Å²) in [5.74, 6) is 0.840. The van der Waals surface area contributed by atoms with Crippen LogP contribution in [-0.2, 0) is 18.3 Å². The van der Waals surface area contributed by atoms with Crippen molar-refractivity contribution in [3.05, 3.63) is 11.3 Å². The van der Waals surface area contributed by atoms with Gasteiger partial charge in [0.05, 0.1) is 31.1 Å². The molecule has 0 aromatic carbocycles. The van der Waals surface area contributed by atoms with Gasteiger partial charge >= 0.3 is 0 Å². The lowest BCUT2D eigenvalue weighted by atomic mass is 10.2. The molecule has 1 aliphatic heterocycles. The fourth-order valence-corrected chi connectivity index (χ4v) is 2.54. The van der Waals surface area contributed by atoms with E-state index < -0.39 is 0 Å². The summed E-state index contributed by atoms with van der Waals surface area (Å²) < 4.78 is 12.9. The van der Waals surface area contributed by atoms with Gasteiger partial charge in [0.25, 0.3) is 0 Å². The van der Waals surface area contributed by atoms with Crippen LogP contribution < -0.4 is 10.1 Å². The molecular formula is C13H24N4O2. The van der Waals surface area contributed by atoms with Gasteiger partial charge in [0.2, 0.25) is 5.88 Å². The van der Waals surface area contributed by atoms with Crippen LogP contribution in [0.2, 0.25) is 0 Å². The van der Waals surface area contributed by atoms with E-state index >= 15 is 0 Å². The molecule has 6 heteroatoms. The van der Waals surface area contributed by atoms with Gasteiger partial charge in [-0.05, 0) is 14.0 Å². The van der Waals surface area contributed by atoms with Crippen LogP contribution in [0.5, 0.6) is 5.88 Å². The third-order valence-corrected chi connectivity index (χ3v) is 3.43. The molecule has 2 heterocycles. The summed E-state index contributed by atoms with van der Waals surface area (Å²) in [5, 5.41) is 7.75. The lowest BCUT2D eigenvalue weighted by Gasteiger charge is -2.28. The van der Waals surface area contributed by atoms with Gasteiger partial charge in [-0.15, -0.1) is 0 Å². The Balaban J connectivity index is 1.96. The predicted octanol–water partition coefficient (Wildman–Crippen LogP) is 0.157. The molecule has 0 bridgehead atoms. The molecule has 1 saturated heterocycles. The maximum atomic E-state index is 5.72. The molecule has 1 aromatic rings. The number of nitrogens with one attached hydrogen (secondary N) is 1. The molecule has 19 heavy (non-hydrogen) atoms. The topological polar surface area (TPSA) is 51.6 Å². The smallest absolute Gasteiger partial charge is 0.216 e. The van der Waals surface area contributed by atoms with Crippen molar-refractivity contribution < 1.29 is 9.47 Å². The van der Waals surface area contributed by atoms with E-state index in [0.717, 1.165) is 49.9 Å². The summed E-state index contributed by atoms with van der Waals surface area (Å²) in [6, 6.07) is 0. The highest BCUT2D eigenvalue weighted by atomic mass is 16.5. The molecule has 1 N–H and O–H groups in total. The maximum absolute atomic E-state index is 5.72. The highest BCUT2D eigenvalue weighted by Gasteiger charge is 2.19. The zero-order chi connectivity index (χ0) is 13.8. The Morgan fingerprint density at radius 2 is 2.37 bits per heavy atom. The van der Waals surface area contributed by atoms with Gasteiger partial charge in [0.15, 0.2) is 0 Å². The van der Waals surface area contributed by atoms with Crippen molar-refractivity contribution >= 4 is 0 Å². The predicted molar refractivity (Wildman–Crippen MR) is 73.4 cm³/mol. The van der Waals surface area contributed by atoms with E-state index in [-0.39, 0.29) is 6.10 Å². The van der Waals surface area contributed by atoms with Gasteiger partial charge in [0.1, 0.15) is 0 Å². The minimum Gasteiger partial charge on any atom is -0.481 e. The second kappa shape index (κ2) is 6.36. The molecule has 1 fully saturated rings. The number of ether oxygens (including phenoxy) is 2. The zero-order valence-electron chi connectivity index (χ0n) is 12.3. The van der Waals surface area contributed by atoms with Crippen molar-refractivity contribution in [3.63, 3.8) is 0 Å². The number of likely N-dealkylation sites (N-methyl/N-ethyl adjacent to an activating group) is 1. The summed E-state index contributed by atoms with van der Waals surface area (Å²) in [5.41, 5.74) is 2.17. The summed E-state index contributed by atoms with van der Waals surface area (Å²) >= 11 is 0. The van der Waals surface area contributed by atoms with E-state index in [2.05, 4.69) is 22.4 Å². The highest BCUT2D eigenvalue weighted by molar-refractivity contribution is 5.30. The Morgan fingerprint density at radius 3 is 3.00 bits per heavy atom. The van der Waals surface area contributed by atoms with Gasteiger partial charge in [-0.25, -0.2) is 4.68 Å². The number of hydrogen-bond donors (Lipinski definition) is 1.